The third kappa shape index (κ3) is 8.97. The first-order chi connectivity index (χ1) is 19.1. The molecule has 0 saturated heterocycles. The minimum absolute atomic E-state index is 0.174. The van der Waals surface area contributed by atoms with E-state index in [0.29, 0.717) is 43.1 Å². The van der Waals surface area contributed by atoms with Gasteiger partial charge in [0.1, 0.15) is 12.4 Å². The van der Waals surface area contributed by atoms with Crippen molar-refractivity contribution in [3.63, 3.8) is 0 Å². The van der Waals surface area contributed by atoms with Crippen molar-refractivity contribution in [2.45, 2.75) is 32.3 Å². The summed E-state index contributed by atoms with van der Waals surface area (Å²) in [6.07, 6.45) is 0.0157. The topological polar surface area (TPSA) is 103 Å². The summed E-state index contributed by atoms with van der Waals surface area (Å²) in [6.45, 7) is 1.72. The van der Waals surface area contributed by atoms with Crippen molar-refractivity contribution in [2.24, 2.45) is 0 Å². The standard InChI is InChI=1S/C32H35N3O4/c36-22-28-19-27(14-15-31(28)39-23-26-10-5-2-6-11-26)30(37)21-33-17-16-24-12-7-13-29(18-24)35-32(38)34-20-25-8-3-1-4-9-25/h1-15,18-19,30,33,36-37H,16-17,20-23H2,(H2,34,35,38)/t30-/m1/s1. The van der Waals surface area contributed by atoms with Gasteiger partial charge in [-0.3, -0.25) is 0 Å². The minimum Gasteiger partial charge on any atom is -0.489 e. The summed E-state index contributed by atoms with van der Waals surface area (Å²) in [7, 11) is 0. The molecule has 0 aliphatic carbocycles. The van der Waals surface area contributed by atoms with Crippen molar-refractivity contribution in [3.8, 4) is 5.75 Å². The van der Waals surface area contributed by atoms with Crippen LogP contribution in [0.1, 0.15) is 33.9 Å². The van der Waals surface area contributed by atoms with Crippen molar-refractivity contribution < 1.29 is 19.7 Å². The number of amides is 2. The highest BCUT2D eigenvalue weighted by atomic mass is 16.5. The molecule has 0 aromatic heterocycles. The molecule has 39 heavy (non-hydrogen) atoms. The highest BCUT2D eigenvalue weighted by molar-refractivity contribution is 5.89. The molecule has 2 amide bonds. The highest BCUT2D eigenvalue weighted by Crippen LogP contribution is 2.24. The zero-order chi connectivity index (χ0) is 27.3. The number of rotatable bonds is 13. The number of carbonyl (C=O) groups is 1. The van der Waals surface area contributed by atoms with E-state index < -0.39 is 6.10 Å². The maximum Gasteiger partial charge on any atom is 0.319 e. The Balaban J connectivity index is 1.20. The van der Waals surface area contributed by atoms with E-state index in [9.17, 15) is 15.0 Å². The molecule has 0 radical (unpaired) electrons. The van der Waals surface area contributed by atoms with Crippen LogP contribution in [0.2, 0.25) is 0 Å². The smallest absolute Gasteiger partial charge is 0.319 e. The van der Waals surface area contributed by atoms with Gasteiger partial charge in [0.05, 0.1) is 12.7 Å². The van der Waals surface area contributed by atoms with Gasteiger partial charge in [-0.05, 0) is 59.5 Å². The normalized spacial score (nSPS) is 11.5. The second kappa shape index (κ2) is 14.7. The molecule has 202 valence electrons. The number of hydrogen-bond acceptors (Lipinski definition) is 5. The predicted molar refractivity (Wildman–Crippen MR) is 153 cm³/mol. The first kappa shape index (κ1) is 27.9. The first-order valence-electron chi connectivity index (χ1n) is 13.1. The lowest BCUT2D eigenvalue weighted by molar-refractivity contribution is 0.174. The Morgan fingerprint density at radius 3 is 2.28 bits per heavy atom. The van der Waals surface area contributed by atoms with Gasteiger partial charge in [0.2, 0.25) is 0 Å². The molecule has 0 aliphatic rings. The lowest BCUT2D eigenvalue weighted by Gasteiger charge is -2.16. The van der Waals surface area contributed by atoms with E-state index in [1.54, 1.807) is 12.1 Å². The van der Waals surface area contributed by atoms with Crippen LogP contribution in [-0.4, -0.2) is 29.3 Å². The summed E-state index contributed by atoms with van der Waals surface area (Å²) >= 11 is 0. The molecule has 4 aromatic rings. The molecule has 0 saturated carbocycles. The molecule has 0 spiro atoms. The van der Waals surface area contributed by atoms with E-state index in [1.807, 2.05) is 91.0 Å². The summed E-state index contributed by atoms with van der Waals surface area (Å²) in [5, 5.41) is 29.5. The maximum absolute atomic E-state index is 12.2. The van der Waals surface area contributed by atoms with Crippen LogP contribution in [0.4, 0.5) is 10.5 Å². The second-order valence-corrected chi connectivity index (χ2v) is 9.26. The number of urea groups is 1. The van der Waals surface area contributed by atoms with Gasteiger partial charge in [-0.15, -0.1) is 0 Å². The van der Waals surface area contributed by atoms with Gasteiger partial charge in [0.25, 0.3) is 0 Å². The molecule has 4 aromatic carbocycles. The van der Waals surface area contributed by atoms with Gasteiger partial charge in [-0.25, -0.2) is 4.79 Å². The van der Waals surface area contributed by atoms with Gasteiger partial charge in [0, 0.05) is 24.3 Å². The largest absolute Gasteiger partial charge is 0.489 e. The van der Waals surface area contributed by atoms with Crippen molar-refractivity contribution >= 4 is 11.7 Å². The van der Waals surface area contributed by atoms with Crippen LogP contribution < -0.4 is 20.7 Å². The summed E-state index contributed by atoms with van der Waals surface area (Å²) in [4.78, 5) is 12.2. The van der Waals surface area contributed by atoms with Gasteiger partial charge in [0.15, 0.2) is 0 Å². The number of carbonyl (C=O) groups excluding carboxylic acids is 1. The third-order valence-corrected chi connectivity index (χ3v) is 6.29. The number of aliphatic hydroxyl groups is 2. The van der Waals surface area contributed by atoms with E-state index in [-0.39, 0.29) is 12.6 Å². The minimum atomic E-state index is -0.722. The van der Waals surface area contributed by atoms with E-state index in [0.717, 1.165) is 28.8 Å². The number of hydrogen-bond donors (Lipinski definition) is 5. The molecule has 0 aliphatic heterocycles. The van der Waals surface area contributed by atoms with Gasteiger partial charge in [-0.1, -0.05) is 78.9 Å². The van der Waals surface area contributed by atoms with Crippen LogP contribution in [0, 0.1) is 0 Å². The van der Waals surface area contributed by atoms with Crippen LogP contribution in [0.3, 0.4) is 0 Å². The van der Waals surface area contributed by atoms with Crippen LogP contribution in [-0.2, 0) is 26.2 Å². The van der Waals surface area contributed by atoms with E-state index >= 15 is 0 Å². The zero-order valence-electron chi connectivity index (χ0n) is 21.8. The van der Waals surface area contributed by atoms with Gasteiger partial charge >= 0.3 is 6.03 Å². The number of nitrogens with one attached hydrogen (secondary N) is 3. The summed E-state index contributed by atoms with van der Waals surface area (Å²) in [5.41, 5.74) is 5.23. The summed E-state index contributed by atoms with van der Waals surface area (Å²) < 4.78 is 5.88. The molecule has 7 nitrogen and oxygen atoms in total. The highest BCUT2D eigenvalue weighted by Gasteiger charge is 2.12. The van der Waals surface area contributed by atoms with Crippen LogP contribution in [0.15, 0.2) is 103 Å². The summed E-state index contributed by atoms with van der Waals surface area (Å²) in [5.74, 6) is 0.604. The average Bonchev–Trinajstić information content (AvgIpc) is 2.98. The Hall–Kier alpha value is -4.17. The molecule has 1 atom stereocenters. The number of ether oxygens (including phenoxy) is 1. The van der Waals surface area contributed by atoms with Crippen molar-refractivity contribution in [2.75, 3.05) is 18.4 Å². The van der Waals surface area contributed by atoms with Gasteiger partial charge < -0.3 is 30.9 Å². The monoisotopic (exact) mass is 525 g/mol. The molecule has 0 unspecified atom stereocenters. The van der Waals surface area contributed by atoms with E-state index in [1.165, 1.54) is 0 Å². The van der Waals surface area contributed by atoms with Crippen LogP contribution >= 0.6 is 0 Å². The van der Waals surface area contributed by atoms with Crippen LogP contribution in [0.25, 0.3) is 0 Å². The fourth-order valence-electron chi connectivity index (χ4n) is 4.15. The average molecular weight is 526 g/mol. The van der Waals surface area contributed by atoms with E-state index in [2.05, 4.69) is 16.0 Å². The molecule has 7 heteroatoms. The number of anilines is 1. The van der Waals surface area contributed by atoms with Crippen molar-refractivity contribution in [1.29, 1.82) is 0 Å². The molecule has 4 rings (SSSR count). The third-order valence-electron chi connectivity index (χ3n) is 6.29. The molecular weight excluding hydrogens is 490 g/mol. The quantitative estimate of drug-likeness (QED) is 0.159. The number of benzene rings is 4. The van der Waals surface area contributed by atoms with Gasteiger partial charge in [-0.2, -0.15) is 0 Å². The Kier molecular flexibility index (Phi) is 10.5. The predicted octanol–water partition coefficient (Wildman–Crippen LogP) is 4.95. The Bertz CT molecular complexity index is 1320. The molecule has 0 bridgehead atoms. The Morgan fingerprint density at radius 1 is 0.821 bits per heavy atom. The fraction of sp³-hybridized carbons (Fsp3) is 0.219. The van der Waals surface area contributed by atoms with Crippen molar-refractivity contribution in [1.82, 2.24) is 10.6 Å². The molecule has 0 heterocycles. The van der Waals surface area contributed by atoms with E-state index in [4.69, 9.17) is 4.74 Å². The number of aliphatic hydroxyl groups excluding tert-OH is 2. The van der Waals surface area contributed by atoms with Crippen LogP contribution in [0.5, 0.6) is 5.75 Å². The fourth-order valence-corrected chi connectivity index (χ4v) is 4.15. The Labute approximate surface area is 229 Å². The lowest BCUT2D eigenvalue weighted by atomic mass is 10.0. The first-order valence-corrected chi connectivity index (χ1v) is 13.1. The van der Waals surface area contributed by atoms with Crippen molar-refractivity contribution in [3.05, 3.63) is 131 Å². The zero-order valence-corrected chi connectivity index (χ0v) is 21.8. The lowest BCUT2D eigenvalue weighted by Crippen LogP contribution is -2.28. The molecular formula is C32H35N3O4. The SMILES string of the molecule is O=C(NCc1ccccc1)Nc1cccc(CCNC[C@@H](O)c2ccc(OCc3ccccc3)c(CO)c2)c1. The Morgan fingerprint density at radius 2 is 1.54 bits per heavy atom. The summed E-state index contributed by atoms with van der Waals surface area (Å²) in [6, 6.07) is 32.5. The molecule has 5 N–H and O–H groups in total. The molecule has 0 fully saturated rings. The maximum atomic E-state index is 12.2. The second-order valence-electron chi connectivity index (χ2n) is 9.26.